The topological polar surface area (TPSA) is 61.8 Å². The standard InChI is InChI=1S/C15H24N2O3/c1-11(13(18)12-9-7-6-8-10-12)17(5)16-14(19)20-15(2,3)4/h6-11,13,18H,1-5H3,(H,16,19)/t11-,13-/m0/s1. The van der Waals surface area contributed by atoms with E-state index in [9.17, 15) is 9.90 Å². The fourth-order valence-corrected chi connectivity index (χ4v) is 1.69. The lowest BCUT2D eigenvalue weighted by molar-refractivity contribution is 0.0107. The molecule has 20 heavy (non-hydrogen) atoms. The molecule has 0 saturated carbocycles. The highest BCUT2D eigenvalue weighted by Crippen LogP contribution is 2.19. The fourth-order valence-electron chi connectivity index (χ4n) is 1.69. The number of hydrogen-bond acceptors (Lipinski definition) is 4. The largest absolute Gasteiger partial charge is 0.443 e. The third-order valence-corrected chi connectivity index (χ3v) is 2.88. The number of amides is 1. The molecule has 2 atom stereocenters. The highest BCUT2D eigenvalue weighted by molar-refractivity contribution is 5.67. The average molecular weight is 280 g/mol. The number of benzene rings is 1. The normalized spacial score (nSPS) is 14.8. The van der Waals surface area contributed by atoms with Gasteiger partial charge in [-0.15, -0.1) is 0 Å². The monoisotopic (exact) mass is 280 g/mol. The van der Waals surface area contributed by atoms with Crippen LogP contribution in [0.15, 0.2) is 30.3 Å². The summed E-state index contributed by atoms with van der Waals surface area (Å²) in [6, 6.07) is 9.04. The predicted octanol–water partition coefficient (Wildman–Crippen LogP) is 2.48. The molecule has 0 unspecified atom stereocenters. The van der Waals surface area contributed by atoms with Gasteiger partial charge in [-0.3, -0.25) is 5.43 Å². The average Bonchev–Trinajstić information content (AvgIpc) is 2.35. The third-order valence-electron chi connectivity index (χ3n) is 2.88. The van der Waals surface area contributed by atoms with Gasteiger partial charge >= 0.3 is 6.09 Å². The molecular weight excluding hydrogens is 256 g/mol. The van der Waals surface area contributed by atoms with Crippen LogP contribution in [-0.4, -0.2) is 34.9 Å². The first-order valence-electron chi connectivity index (χ1n) is 6.66. The second-order valence-corrected chi connectivity index (χ2v) is 5.82. The Balaban J connectivity index is 2.59. The summed E-state index contributed by atoms with van der Waals surface area (Å²) in [4.78, 5) is 11.7. The van der Waals surface area contributed by atoms with Crippen LogP contribution in [0, 0.1) is 0 Å². The molecule has 0 spiro atoms. The number of nitrogens with one attached hydrogen (secondary N) is 1. The van der Waals surface area contributed by atoms with Gasteiger partial charge in [-0.25, -0.2) is 9.80 Å². The van der Waals surface area contributed by atoms with Crippen molar-refractivity contribution in [2.24, 2.45) is 0 Å². The number of carbonyl (C=O) groups excluding carboxylic acids is 1. The highest BCUT2D eigenvalue weighted by Gasteiger charge is 2.23. The summed E-state index contributed by atoms with van der Waals surface area (Å²) in [6.45, 7) is 7.23. The number of rotatable bonds is 4. The van der Waals surface area contributed by atoms with Crippen molar-refractivity contribution in [1.82, 2.24) is 10.4 Å². The van der Waals surface area contributed by atoms with Gasteiger partial charge < -0.3 is 9.84 Å². The summed E-state index contributed by atoms with van der Waals surface area (Å²) in [5.74, 6) is 0. The molecule has 5 heteroatoms. The lowest BCUT2D eigenvalue weighted by Gasteiger charge is -2.30. The molecule has 1 aromatic carbocycles. The SMILES string of the molecule is C[C@@H]([C@H](O)c1ccccc1)N(C)NC(=O)OC(C)(C)C. The summed E-state index contributed by atoms with van der Waals surface area (Å²) in [7, 11) is 1.70. The first kappa shape index (κ1) is 16.5. The summed E-state index contributed by atoms with van der Waals surface area (Å²) in [6.07, 6.45) is -1.23. The minimum Gasteiger partial charge on any atom is -0.443 e. The van der Waals surface area contributed by atoms with E-state index in [1.807, 2.05) is 37.3 Å². The Morgan fingerprint density at radius 2 is 1.85 bits per heavy atom. The van der Waals surface area contributed by atoms with Crippen LogP contribution in [0.5, 0.6) is 0 Å². The second-order valence-electron chi connectivity index (χ2n) is 5.82. The van der Waals surface area contributed by atoms with Crippen molar-refractivity contribution in [2.45, 2.75) is 45.4 Å². The van der Waals surface area contributed by atoms with E-state index in [-0.39, 0.29) is 6.04 Å². The number of aliphatic hydroxyl groups is 1. The smallest absolute Gasteiger partial charge is 0.422 e. The Hall–Kier alpha value is -1.59. The third kappa shape index (κ3) is 5.19. The quantitative estimate of drug-likeness (QED) is 0.832. The molecule has 0 heterocycles. The Kier molecular flexibility index (Phi) is 5.53. The molecule has 1 aromatic rings. The van der Waals surface area contributed by atoms with Crippen molar-refractivity contribution in [3.8, 4) is 0 Å². The van der Waals surface area contributed by atoms with Crippen LogP contribution >= 0.6 is 0 Å². The molecule has 2 N–H and O–H groups in total. The van der Waals surface area contributed by atoms with Gasteiger partial charge in [0.1, 0.15) is 5.60 Å². The van der Waals surface area contributed by atoms with Crippen molar-refractivity contribution in [2.75, 3.05) is 7.05 Å². The molecule has 0 aliphatic carbocycles. The van der Waals surface area contributed by atoms with Gasteiger partial charge in [0.05, 0.1) is 12.1 Å². The van der Waals surface area contributed by atoms with E-state index < -0.39 is 17.8 Å². The second kappa shape index (κ2) is 6.72. The van der Waals surface area contributed by atoms with Crippen LogP contribution in [0.4, 0.5) is 4.79 Å². The van der Waals surface area contributed by atoms with Crippen LogP contribution < -0.4 is 5.43 Å². The van der Waals surface area contributed by atoms with Crippen LogP contribution in [0.3, 0.4) is 0 Å². The summed E-state index contributed by atoms with van der Waals surface area (Å²) < 4.78 is 5.17. The van der Waals surface area contributed by atoms with Crippen molar-refractivity contribution in [3.05, 3.63) is 35.9 Å². The van der Waals surface area contributed by atoms with E-state index in [2.05, 4.69) is 5.43 Å². The zero-order chi connectivity index (χ0) is 15.3. The van der Waals surface area contributed by atoms with E-state index in [1.165, 1.54) is 0 Å². The summed E-state index contributed by atoms with van der Waals surface area (Å²) >= 11 is 0. The molecule has 5 nitrogen and oxygen atoms in total. The van der Waals surface area contributed by atoms with E-state index in [0.717, 1.165) is 5.56 Å². The van der Waals surface area contributed by atoms with Gasteiger partial charge in [0.2, 0.25) is 0 Å². The van der Waals surface area contributed by atoms with Gasteiger partial charge in [-0.1, -0.05) is 30.3 Å². The van der Waals surface area contributed by atoms with Gasteiger partial charge in [0.15, 0.2) is 0 Å². The molecule has 0 aromatic heterocycles. The maximum Gasteiger partial charge on any atom is 0.422 e. The number of carbonyl (C=O) groups is 1. The summed E-state index contributed by atoms with van der Waals surface area (Å²) in [5.41, 5.74) is 2.85. The van der Waals surface area contributed by atoms with Crippen molar-refractivity contribution < 1.29 is 14.6 Å². The Labute approximate surface area is 120 Å². The van der Waals surface area contributed by atoms with Crippen LogP contribution in [0.1, 0.15) is 39.4 Å². The maximum absolute atomic E-state index is 11.7. The molecular formula is C15H24N2O3. The number of hydrogen-bond donors (Lipinski definition) is 2. The van der Waals surface area contributed by atoms with Crippen LogP contribution in [0.2, 0.25) is 0 Å². The molecule has 0 bridgehead atoms. The summed E-state index contributed by atoms with van der Waals surface area (Å²) in [5, 5.41) is 11.8. The number of aliphatic hydroxyl groups excluding tert-OH is 1. The fraction of sp³-hybridized carbons (Fsp3) is 0.533. The van der Waals surface area contributed by atoms with Gasteiger partial charge in [0.25, 0.3) is 0 Å². The lowest BCUT2D eigenvalue weighted by Crippen LogP contribution is -2.48. The van der Waals surface area contributed by atoms with E-state index in [0.29, 0.717) is 0 Å². The number of nitrogens with zero attached hydrogens (tertiary/aromatic N) is 1. The lowest BCUT2D eigenvalue weighted by atomic mass is 10.0. The van der Waals surface area contributed by atoms with Crippen molar-refractivity contribution >= 4 is 6.09 Å². The Morgan fingerprint density at radius 1 is 1.30 bits per heavy atom. The molecule has 0 aliphatic heterocycles. The number of likely N-dealkylation sites (N-methyl/N-ethyl adjacent to an activating group) is 1. The van der Waals surface area contributed by atoms with Gasteiger partial charge in [-0.05, 0) is 33.3 Å². The molecule has 0 aliphatic rings. The number of hydrazine groups is 1. The van der Waals surface area contributed by atoms with E-state index in [4.69, 9.17) is 4.74 Å². The van der Waals surface area contributed by atoms with Gasteiger partial charge in [-0.2, -0.15) is 0 Å². The van der Waals surface area contributed by atoms with E-state index in [1.54, 1.807) is 32.8 Å². The first-order chi connectivity index (χ1) is 9.20. The Morgan fingerprint density at radius 3 is 2.35 bits per heavy atom. The minimum atomic E-state index is -0.698. The molecule has 0 fully saturated rings. The van der Waals surface area contributed by atoms with E-state index >= 15 is 0 Å². The Bertz CT molecular complexity index is 428. The molecule has 1 rings (SSSR count). The molecule has 0 radical (unpaired) electrons. The molecule has 0 saturated heterocycles. The molecule has 1 amide bonds. The minimum absolute atomic E-state index is 0.287. The maximum atomic E-state index is 11.7. The van der Waals surface area contributed by atoms with Gasteiger partial charge in [0, 0.05) is 7.05 Å². The zero-order valence-electron chi connectivity index (χ0n) is 12.8. The first-order valence-corrected chi connectivity index (χ1v) is 6.66. The van der Waals surface area contributed by atoms with Crippen LogP contribution in [-0.2, 0) is 4.74 Å². The predicted molar refractivity (Wildman–Crippen MR) is 78.0 cm³/mol. The van der Waals surface area contributed by atoms with Crippen molar-refractivity contribution in [3.63, 3.8) is 0 Å². The number of ether oxygens (including phenoxy) is 1. The highest BCUT2D eigenvalue weighted by atomic mass is 16.6. The zero-order valence-corrected chi connectivity index (χ0v) is 12.8. The van der Waals surface area contributed by atoms with Crippen molar-refractivity contribution in [1.29, 1.82) is 0 Å². The van der Waals surface area contributed by atoms with Crippen LogP contribution in [0.25, 0.3) is 0 Å². The molecule has 112 valence electrons.